The Labute approximate surface area is 179 Å². The molecule has 164 valence electrons. The largest absolute Gasteiger partial charge is 0.444 e. The van der Waals surface area contributed by atoms with Crippen molar-refractivity contribution < 1.29 is 19.1 Å². The van der Waals surface area contributed by atoms with Crippen molar-refractivity contribution in [1.82, 2.24) is 15.5 Å². The molecule has 0 heterocycles. The number of amides is 3. The van der Waals surface area contributed by atoms with Crippen LogP contribution in [0.3, 0.4) is 0 Å². The van der Waals surface area contributed by atoms with Crippen LogP contribution in [0.1, 0.15) is 65.6 Å². The van der Waals surface area contributed by atoms with Gasteiger partial charge >= 0.3 is 6.09 Å². The standard InChI is InChI=1S/C23H33N3O4/c1-9-17-12-10-11-13-18(17)20(21(28)25-15(2)3)26(16(4)5)19(27)14-24-22(29)30-23(6,7)8/h1,10-13,15-16,20H,14H2,2-8H3,(H,24,29)(H,25,28). The molecule has 0 bridgehead atoms. The van der Waals surface area contributed by atoms with Crippen LogP contribution in [0.2, 0.25) is 0 Å². The first kappa shape index (κ1) is 25.0. The molecule has 0 saturated carbocycles. The van der Waals surface area contributed by atoms with Crippen molar-refractivity contribution in [2.45, 2.75) is 72.2 Å². The van der Waals surface area contributed by atoms with Crippen molar-refractivity contribution in [3.8, 4) is 12.3 Å². The number of hydrogen-bond acceptors (Lipinski definition) is 4. The van der Waals surface area contributed by atoms with Crippen molar-refractivity contribution in [2.24, 2.45) is 0 Å². The monoisotopic (exact) mass is 415 g/mol. The van der Waals surface area contributed by atoms with E-state index in [4.69, 9.17) is 11.2 Å². The second-order valence-electron chi connectivity index (χ2n) is 8.55. The summed E-state index contributed by atoms with van der Waals surface area (Å²) in [7, 11) is 0. The zero-order valence-corrected chi connectivity index (χ0v) is 18.9. The predicted octanol–water partition coefficient (Wildman–Crippen LogP) is 3.00. The van der Waals surface area contributed by atoms with E-state index in [0.29, 0.717) is 11.1 Å². The van der Waals surface area contributed by atoms with Gasteiger partial charge in [-0.1, -0.05) is 24.1 Å². The molecule has 0 fully saturated rings. The number of carbonyl (C=O) groups is 3. The predicted molar refractivity (Wildman–Crippen MR) is 117 cm³/mol. The molecule has 0 spiro atoms. The summed E-state index contributed by atoms with van der Waals surface area (Å²) in [4.78, 5) is 39.6. The average molecular weight is 416 g/mol. The Balaban J connectivity index is 3.25. The number of carbonyl (C=O) groups excluding carboxylic acids is 3. The van der Waals surface area contributed by atoms with Gasteiger partial charge in [-0.25, -0.2) is 4.79 Å². The van der Waals surface area contributed by atoms with Gasteiger partial charge in [0.1, 0.15) is 18.2 Å². The first-order chi connectivity index (χ1) is 13.9. The topological polar surface area (TPSA) is 87.7 Å². The smallest absolute Gasteiger partial charge is 0.408 e. The van der Waals surface area contributed by atoms with E-state index in [-0.39, 0.29) is 24.5 Å². The molecule has 1 rings (SSSR count). The highest BCUT2D eigenvalue weighted by molar-refractivity contribution is 5.91. The third-order valence-electron chi connectivity index (χ3n) is 4.00. The number of rotatable bonds is 7. The van der Waals surface area contributed by atoms with Gasteiger partial charge in [0.2, 0.25) is 11.8 Å². The maximum absolute atomic E-state index is 13.1. The van der Waals surface area contributed by atoms with Crippen LogP contribution in [-0.2, 0) is 14.3 Å². The molecule has 0 radical (unpaired) electrons. The van der Waals surface area contributed by atoms with Gasteiger partial charge in [-0.2, -0.15) is 0 Å². The summed E-state index contributed by atoms with van der Waals surface area (Å²) in [6.07, 6.45) is 4.94. The number of nitrogens with one attached hydrogen (secondary N) is 2. The minimum Gasteiger partial charge on any atom is -0.444 e. The molecule has 30 heavy (non-hydrogen) atoms. The Bertz CT molecular complexity index is 803. The maximum atomic E-state index is 13.1. The third-order valence-corrected chi connectivity index (χ3v) is 4.00. The number of terminal acetylenes is 1. The van der Waals surface area contributed by atoms with Gasteiger partial charge in [-0.15, -0.1) is 6.42 Å². The molecular formula is C23H33N3O4. The number of alkyl carbamates (subject to hydrolysis) is 1. The highest BCUT2D eigenvalue weighted by Gasteiger charge is 2.35. The quantitative estimate of drug-likeness (QED) is 0.670. The fourth-order valence-corrected chi connectivity index (χ4v) is 2.93. The summed E-state index contributed by atoms with van der Waals surface area (Å²) in [5.41, 5.74) is 0.397. The van der Waals surface area contributed by atoms with Crippen LogP contribution in [0.15, 0.2) is 24.3 Å². The first-order valence-corrected chi connectivity index (χ1v) is 10.0. The normalized spacial score (nSPS) is 12.1. The Morgan fingerprint density at radius 1 is 1.13 bits per heavy atom. The molecule has 3 amide bonds. The molecule has 1 aromatic carbocycles. The van der Waals surface area contributed by atoms with E-state index >= 15 is 0 Å². The van der Waals surface area contributed by atoms with Crippen molar-refractivity contribution in [3.05, 3.63) is 35.4 Å². The lowest BCUT2D eigenvalue weighted by Crippen LogP contribution is -2.51. The van der Waals surface area contributed by atoms with E-state index < -0.39 is 23.6 Å². The van der Waals surface area contributed by atoms with Gasteiger partial charge in [-0.05, 0) is 60.1 Å². The molecule has 1 atom stereocenters. The molecule has 1 aromatic rings. The van der Waals surface area contributed by atoms with Crippen LogP contribution in [0.25, 0.3) is 0 Å². The number of benzene rings is 1. The lowest BCUT2D eigenvalue weighted by Gasteiger charge is -2.35. The molecule has 0 aliphatic carbocycles. The summed E-state index contributed by atoms with van der Waals surface area (Å²) in [6, 6.07) is 5.63. The van der Waals surface area contributed by atoms with Crippen LogP contribution >= 0.6 is 0 Å². The molecule has 0 aliphatic heterocycles. The summed E-state index contributed by atoms with van der Waals surface area (Å²) in [5.74, 6) is 1.82. The van der Waals surface area contributed by atoms with Crippen molar-refractivity contribution >= 4 is 17.9 Å². The summed E-state index contributed by atoms with van der Waals surface area (Å²) in [6.45, 7) is 12.2. The van der Waals surface area contributed by atoms with E-state index in [1.807, 2.05) is 13.8 Å². The van der Waals surface area contributed by atoms with E-state index in [1.54, 1.807) is 58.9 Å². The van der Waals surface area contributed by atoms with Crippen molar-refractivity contribution in [2.75, 3.05) is 6.54 Å². The fourth-order valence-electron chi connectivity index (χ4n) is 2.93. The second kappa shape index (κ2) is 10.7. The minimum atomic E-state index is -0.937. The van der Waals surface area contributed by atoms with Crippen LogP contribution in [0.4, 0.5) is 4.79 Å². The molecule has 0 aliphatic rings. The van der Waals surface area contributed by atoms with E-state index in [2.05, 4.69) is 16.6 Å². The SMILES string of the molecule is C#Cc1ccccc1C(C(=O)NC(C)C)N(C(=O)CNC(=O)OC(C)(C)C)C(C)C. The Hall–Kier alpha value is -3.01. The molecule has 0 aromatic heterocycles. The number of hydrogen-bond donors (Lipinski definition) is 2. The van der Waals surface area contributed by atoms with Gasteiger partial charge < -0.3 is 20.3 Å². The lowest BCUT2D eigenvalue weighted by atomic mass is 9.97. The third kappa shape index (κ3) is 7.43. The van der Waals surface area contributed by atoms with Gasteiger partial charge in [0.25, 0.3) is 0 Å². The average Bonchev–Trinajstić information content (AvgIpc) is 2.61. The maximum Gasteiger partial charge on any atom is 0.408 e. The van der Waals surface area contributed by atoms with E-state index in [0.717, 1.165) is 0 Å². The van der Waals surface area contributed by atoms with Gasteiger partial charge in [0, 0.05) is 17.6 Å². The first-order valence-electron chi connectivity index (χ1n) is 10.0. The summed E-state index contributed by atoms with van der Waals surface area (Å²) < 4.78 is 5.18. The zero-order valence-electron chi connectivity index (χ0n) is 18.9. The fraction of sp³-hybridized carbons (Fsp3) is 0.522. The molecule has 1 unspecified atom stereocenters. The molecule has 0 saturated heterocycles. The van der Waals surface area contributed by atoms with E-state index in [1.165, 1.54) is 4.90 Å². The molecule has 7 nitrogen and oxygen atoms in total. The number of nitrogens with zero attached hydrogens (tertiary/aromatic N) is 1. The van der Waals surface area contributed by atoms with E-state index in [9.17, 15) is 14.4 Å². The summed E-state index contributed by atoms with van der Waals surface area (Å²) >= 11 is 0. The Morgan fingerprint density at radius 2 is 1.73 bits per heavy atom. The van der Waals surface area contributed by atoms with Gasteiger partial charge in [0.05, 0.1) is 0 Å². The van der Waals surface area contributed by atoms with Crippen LogP contribution in [-0.4, -0.2) is 47.0 Å². The van der Waals surface area contributed by atoms with Crippen LogP contribution in [0.5, 0.6) is 0 Å². The Kier molecular flexibility index (Phi) is 8.91. The van der Waals surface area contributed by atoms with Gasteiger partial charge in [-0.3, -0.25) is 9.59 Å². The molecular weight excluding hydrogens is 382 g/mol. The lowest BCUT2D eigenvalue weighted by molar-refractivity contribution is -0.142. The number of ether oxygens (including phenoxy) is 1. The molecule has 7 heteroatoms. The highest BCUT2D eigenvalue weighted by atomic mass is 16.6. The van der Waals surface area contributed by atoms with Crippen LogP contribution in [0, 0.1) is 12.3 Å². The zero-order chi connectivity index (χ0) is 23.1. The van der Waals surface area contributed by atoms with Crippen LogP contribution < -0.4 is 10.6 Å². The summed E-state index contributed by atoms with van der Waals surface area (Å²) in [5, 5.41) is 5.33. The minimum absolute atomic E-state index is 0.123. The molecule has 2 N–H and O–H groups in total. The van der Waals surface area contributed by atoms with Gasteiger partial charge in [0.15, 0.2) is 0 Å². The van der Waals surface area contributed by atoms with Crippen molar-refractivity contribution in [3.63, 3.8) is 0 Å². The van der Waals surface area contributed by atoms with Crippen molar-refractivity contribution in [1.29, 1.82) is 0 Å². The second-order valence-corrected chi connectivity index (χ2v) is 8.55. The Morgan fingerprint density at radius 3 is 2.23 bits per heavy atom. The highest BCUT2D eigenvalue weighted by Crippen LogP contribution is 2.27.